The minimum Gasteiger partial charge on any atom is -0.338 e. The summed E-state index contributed by atoms with van der Waals surface area (Å²) in [5.74, 6) is 1.52. The molecule has 2 rings (SSSR count). The molecule has 2 heterocycles. The highest BCUT2D eigenvalue weighted by Gasteiger charge is 2.22. The number of nitrogens with one attached hydrogen (secondary N) is 1. The van der Waals surface area contributed by atoms with Gasteiger partial charge in [-0.2, -0.15) is 4.98 Å². The van der Waals surface area contributed by atoms with Gasteiger partial charge in [-0.3, -0.25) is 4.90 Å². The summed E-state index contributed by atoms with van der Waals surface area (Å²) in [7, 11) is 0. The Balaban J connectivity index is 1.90. The predicted molar refractivity (Wildman–Crippen MR) is 79.6 cm³/mol. The molecule has 1 fully saturated rings. The minimum atomic E-state index is -0.0519. The summed E-state index contributed by atoms with van der Waals surface area (Å²) < 4.78 is 5.39. The Morgan fingerprint density at radius 3 is 2.70 bits per heavy atom. The van der Waals surface area contributed by atoms with Gasteiger partial charge in [0.15, 0.2) is 5.82 Å². The van der Waals surface area contributed by atoms with E-state index in [9.17, 15) is 0 Å². The molecule has 1 aliphatic rings. The molecule has 1 aromatic rings. The highest BCUT2D eigenvalue weighted by molar-refractivity contribution is 4.99. The third-order valence-corrected chi connectivity index (χ3v) is 3.84. The fourth-order valence-corrected chi connectivity index (χ4v) is 2.51. The van der Waals surface area contributed by atoms with Crippen LogP contribution in [0.1, 0.15) is 58.7 Å². The van der Waals surface area contributed by atoms with E-state index in [0.717, 1.165) is 37.9 Å². The molecule has 0 aliphatic carbocycles. The Morgan fingerprint density at radius 1 is 1.35 bits per heavy atom. The summed E-state index contributed by atoms with van der Waals surface area (Å²) in [6.45, 7) is 12.5. The average Bonchev–Trinajstić information content (AvgIpc) is 2.87. The lowest BCUT2D eigenvalue weighted by Gasteiger charge is -2.29. The highest BCUT2D eigenvalue weighted by Crippen LogP contribution is 2.19. The van der Waals surface area contributed by atoms with Crippen LogP contribution in [0.2, 0.25) is 0 Å². The summed E-state index contributed by atoms with van der Waals surface area (Å²) in [5, 5.41) is 7.68. The van der Waals surface area contributed by atoms with Crippen LogP contribution in [-0.4, -0.2) is 40.7 Å². The molecule has 0 radical (unpaired) electrons. The third-order valence-electron chi connectivity index (χ3n) is 3.84. The Kier molecular flexibility index (Phi) is 5.16. The van der Waals surface area contributed by atoms with E-state index in [0.29, 0.717) is 6.04 Å². The summed E-state index contributed by atoms with van der Waals surface area (Å²) in [6, 6.07) is 0.605. The van der Waals surface area contributed by atoms with Gasteiger partial charge >= 0.3 is 0 Å². The maximum atomic E-state index is 5.39. The number of hydrogen-bond donors (Lipinski definition) is 1. The number of hydrogen-bond acceptors (Lipinski definition) is 5. The molecule has 1 atom stereocenters. The van der Waals surface area contributed by atoms with Crippen LogP contribution in [0, 0.1) is 0 Å². The van der Waals surface area contributed by atoms with Gasteiger partial charge in [0, 0.05) is 18.0 Å². The van der Waals surface area contributed by atoms with Crippen molar-refractivity contribution in [2.45, 2.75) is 65.0 Å². The lowest BCUT2D eigenvalue weighted by molar-refractivity contribution is 0.200. The molecule has 20 heavy (non-hydrogen) atoms. The lowest BCUT2D eigenvalue weighted by Crippen LogP contribution is -2.43. The van der Waals surface area contributed by atoms with Crippen LogP contribution in [0.4, 0.5) is 0 Å². The zero-order chi connectivity index (χ0) is 14.6. The van der Waals surface area contributed by atoms with E-state index in [1.54, 1.807) is 0 Å². The van der Waals surface area contributed by atoms with E-state index < -0.39 is 0 Å². The van der Waals surface area contributed by atoms with E-state index in [4.69, 9.17) is 4.52 Å². The van der Waals surface area contributed by atoms with Gasteiger partial charge in [-0.05, 0) is 25.9 Å². The van der Waals surface area contributed by atoms with E-state index in [1.807, 2.05) is 0 Å². The first-order valence-corrected chi connectivity index (χ1v) is 7.78. The van der Waals surface area contributed by atoms with Crippen molar-refractivity contribution in [1.29, 1.82) is 0 Å². The molecule has 5 nitrogen and oxygen atoms in total. The van der Waals surface area contributed by atoms with Crippen molar-refractivity contribution >= 4 is 0 Å². The van der Waals surface area contributed by atoms with Crippen LogP contribution < -0.4 is 5.32 Å². The highest BCUT2D eigenvalue weighted by atomic mass is 16.5. The topological polar surface area (TPSA) is 54.2 Å². The monoisotopic (exact) mass is 280 g/mol. The second kappa shape index (κ2) is 6.68. The number of nitrogens with zero attached hydrogens (tertiary/aromatic N) is 3. The van der Waals surface area contributed by atoms with Gasteiger partial charge in [0.1, 0.15) is 0 Å². The van der Waals surface area contributed by atoms with Crippen molar-refractivity contribution in [1.82, 2.24) is 20.4 Å². The standard InChI is InChI=1S/C15H28N4O/c1-5-19(10-12-8-6-7-9-16-12)11-13-17-14(18-20-13)15(2,3)4/h12,16H,5-11H2,1-4H3. The van der Waals surface area contributed by atoms with Crippen molar-refractivity contribution in [2.75, 3.05) is 19.6 Å². The normalized spacial score (nSPS) is 20.6. The van der Waals surface area contributed by atoms with E-state index in [-0.39, 0.29) is 5.41 Å². The second-order valence-corrected chi connectivity index (χ2v) is 6.74. The predicted octanol–water partition coefficient (Wildman–Crippen LogP) is 2.33. The summed E-state index contributed by atoms with van der Waals surface area (Å²) >= 11 is 0. The molecule has 1 unspecified atom stereocenters. The van der Waals surface area contributed by atoms with Crippen molar-refractivity contribution in [3.63, 3.8) is 0 Å². The van der Waals surface area contributed by atoms with Gasteiger partial charge in [0.05, 0.1) is 6.54 Å². The van der Waals surface area contributed by atoms with Gasteiger partial charge < -0.3 is 9.84 Å². The molecular weight excluding hydrogens is 252 g/mol. The fraction of sp³-hybridized carbons (Fsp3) is 0.867. The molecule has 1 aliphatic heterocycles. The molecule has 0 spiro atoms. The largest absolute Gasteiger partial charge is 0.338 e. The Hall–Kier alpha value is -0.940. The van der Waals surface area contributed by atoms with E-state index in [2.05, 4.69) is 48.1 Å². The van der Waals surface area contributed by atoms with Crippen molar-refractivity contribution in [3.8, 4) is 0 Å². The Bertz CT molecular complexity index is 404. The quantitative estimate of drug-likeness (QED) is 0.897. The van der Waals surface area contributed by atoms with Gasteiger partial charge in [0.2, 0.25) is 5.89 Å². The fourth-order valence-electron chi connectivity index (χ4n) is 2.51. The number of piperidine rings is 1. The van der Waals surface area contributed by atoms with E-state index in [1.165, 1.54) is 19.3 Å². The number of rotatable bonds is 5. The Labute approximate surface area is 122 Å². The third kappa shape index (κ3) is 4.28. The molecule has 114 valence electrons. The van der Waals surface area contributed by atoms with Crippen LogP contribution in [0.3, 0.4) is 0 Å². The molecular formula is C15H28N4O. The molecule has 0 bridgehead atoms. The smallest absolute Gasteiger partial charge is 0.240 e. The maximum Gasteiger partial charge on any atom is 0.240 e. The molecule has 5 heteroatoms. The minimum absolute atomic E-state index is 0.0519. The molecule has 0 aromatic carbocycles. The van der Waals surface area contributed by atoms with Crippen molar-refractivity contribution in [2.24, 2.45) is 0 Å². The van der Waals surface area contributed by atoms with Gasteiger partial charge in [-0.25, -0.2) is 0 Å². The van der Waals surface area contributed by atoms with E-state index >= 15 is 0 Å². The molecule has 1 aromatic heterocycles. The molecule has 0 saturated carbocycles. The lowest BCUT2D eigenvalue weighted by atomic mass is 9.96. The van der Waals surface area contributed by atoms with Crippen molar-refractivity contribution < 1.29 is 4.52 Å². The van der Waals surface area contributed by atoms with Crippen LogP contribution in [-0.2, 0) is 12.0 Å². The van der Waals surface area contributed by atoms with Gasteiger partial charge in [-0.15, -0.1) is 0 Å². The first-order valence-electron chi connectivity index (χ1n) is 7.78. The number of likely N-dealkylation sites (N-methyl/N-ethyl adjacent to an activating group) is 1. The average molecular weight is 280 g/mol. The first-order chi connectivity index (χ1) is 9.49. The zero-order valence-corrected chi connectivity index (χ0v) is 13.3. The second-order valence-electron chi connectivity index (χ2n) is 6.74. The van der Waals surface area contributed by atoms with Crippen molar-refractivity contribution in [3.05, 3.63) is 11.7 Å². The molecule has 1 saturated heterocycles. The van der Waals surface area contributed by atoms with Crippen LogP contribution in [0.5, 0.6) is 0 Å². The SMILES string of the molecule is CCN(Cc1nc(C(C)(C)C)no1)CC1CCCCN1. The van der Waals surface area contributed by atoms with Crippen LogP contribution >= 0.6 is 0 Å². The summed E-state index contributed by atoms with van der Waals surface area (Å²) in [6.07, 6.45) is 3.92. The summed E-state index contributed by atoms with van der Waals surface area (Å²) in [4.78, 5) is 6.90. The summed E-state index contributed by atoms with van der Waals surface area (Å²) in [5.41, 5.74) is -0.0519. The van der Waals surface area contributed by atoms with Gasteiger partial charge in [-0.1, -0.05) is 39.3 Å². The first kappa shape index (κ1) is 15.4. The molecule has 1 N–H and O–H groups in total. The van der Waals surface area contributed by atoms with Crippen LogP contribution in [0.15, 0.2) is 4.52 Å². The number of aromatic nitrogens is 2. The maximum absolute atomic E-state index is 5.39. The molecule has 0 amide bonds. The Morgan fingerprint density at radius 2 is 2.15 bits per heavy atom. The zero-order valence-electron chi connectivity index (χ0n) is 13.3. The van der Waals surface area contributed by atoms with Crippen LogP contribution in [0.25, 0.3) is 0 Å². The van der Waals surface area contributed by atoms with Gasteiger partial charge in [0.25, 0.3) is 0 Å².